The molecule has 6 heteroatoms. The van der Waals surface area contributed by atoms with E-state index in [0.29, 0.717) is 30.6 Å². The Morgan fingerprint density at radius 3 is 2.38 bits per heavy atom. The van der Waals surface area contributed by atoms with E-state index in [-0.39, 0.29) is 34.7 Å². The van der Waals surface area contributed by atoms with Gasteiger partial charge in [0.05, 0.1) is 0 Å². The van der Waals surface area contributed by atoms with E-state index in [1.165, 1.54) is 6.92 Å². The summed E-state index contributed by atoms with van der Waals surface area (Å²) in [6, 6.07) is 0. The molecule has 5 aliphatic rings. The van der Waals surface area contributed by atoms with Gasteiger partial charge in [-0.2, -0.15) is 0 Å². The Bertz CT molecular complexity index is 832. The van der Waals surface area contributed by atoms with E-state index in [2.05, 4.69) is 13.8 Å². The number of fused-ring (bicyclic) bond motifs is 7. The Labute approximate surface area is 187 Å². The van der Waals surface area contributed by atoms with Crippen molar-refractivity contribution in [1.82, 2.24) is 0 Å². The molecular formula is C23H29Cl3O3. The number of alkyl halides is 3. The van der Waals surface area contributed by atoms with Crippen LogP contribution in [0.25, 0.3) is 0 Å². The first kappa shape index (κ1) is 20.8. The molecule has 1 N–H and O–H groups in total. The monoisotopic (exact) mass is 458 g/mol. The van der Waals surface area contributed by atoms with Gasteiger partial charge in [-0.3, -0.25) is 9.59 Å². The summed E-state index contributed by atoms with van der Waals surface area (Å²) in [6.07, 6.45) is 6.60. The molecule has 0 amide bonds. The van der Waals surface area contributed by atoms with Gasteiger partial charge >= 0.3 is 0 Å². The minimum Gasteiger partial charge on any atom is -0.382 e. The van der Waals surface area contributed by atoms with E-state index >= 15 is 0 Å². The maximum absolute atomic E-state index is 12.6. The molecule has 3 unspecified atom stereocenters. The molecule has 9 atom stereocenters. The number of Topliss-reactive ketones (excluding diaryl/α,β-unsaturated/α-hetero) is 1. The summed E-state index contributed by atoms with van der Waals surface area (Å²) in [5, 5.41) is 11.3. The number of hydrogen-bond donors (Lipinski definition) is 1. The summed E-state index contributed by atoms with van der Waals surface area (Å²) in [7, 11) is 0. The van der Waals surface area contributed by atoms with Gasteiger partial charge in [0.25, 0.3) is 0 Å². The third kappa shape index (κ3) is 2.48. The molecule has 3 nitrogen and oxygen atoms in total. The molecule has 0 bridgehead atoms. The summed E-state index contributed by atoms with van der Waals surface area (Å²) < 4.78 is -1.47. The van der Waals surface area contributed by atoms with Gasteiger partial charge in [0.2, 0.25) is 0 Å². The topological polar surface area (TPSA) is 54.4 Å². The van der Waals surface area contributed by atoms with Crippen LogP contribution in [0.15, 0.2) is 11.6 Å². The van der Waals surface area contributed by atoms with Gasteiger partial charge < -0.3 is 5.11 Å². The molecule has 0 saturated heterocycles. The number of aliphatic hydroxyl groups is 1. The lowest BCUT2D eigenvalue weighted by atomic mass is 9.44. The van der Waals surface area contributed by atoms with E-state index in [9.17, 15) is 14.7 Å². The van der Waals surface area contributed by atoms with Crippen molar-refractivity contribution < 1.29 is 14.7 Å². The summed E-state index contributed by atoms with van der Waals surface area (Å²) in [4.78, 5) is 25.0. The lowest BCUT2D eigenvalue weighted by molar-refractivity contribution is -0.161. The van der Waals surface area contributed by atoms with Crippen LogP contribution in [0.2, 0.25) is 0 Å². The molecule has 5 aliphatic carbocycles. The van der Waals surface area contributed by atoms with Crippen LogP contribution in [-0.4, -0.2) is 26.1 Å². The number of ketones is 2. The maximum atomic E-state index is 12.6. The van der Waals surface area contributed by atoms with E-state index in [1.54, 1.807) is 0 Å². The molecule has 0 spiro atoms. The second-order valence-corrected chi connectivity index (χ2v) is 13.2. The lowest BCUT2D eigenvalue weighted by Gasteiger charge is -2.61. The van der Waals surface area contributed by atoms with E-state index in [1.807, 2.05) is 6.08 Å². The van der Waals surface area contributed by atoms with Crippen molar-refractivity contribution in [2.75, 3.05) is 0 Å². The SMILES string of the molecule is CC(=O)[C@@]1(O)CC[C@H]2[C@@H]3CC(C(Cl)(Cl)Cl)C4=CC(=O)C5CC5[C@@]4(C)[C@@H]3CC[C@@]21C. The second-order valence-electron chi connectivity index (χ2n) is 10.9. The van der Waals surface area contributed by atoms with Crippen molar-refractivity contribution in [3.8, 4) is 0 Å². The van der Waals surface area contributed by atoms with Crippen molar-refractivity contribution >= 4 is 46.4 Å². The summed E-state index contributed by atoms with van der Waals surface area (Å²) in [5.74, 6) is 1.20. The Kier molecular flexibility index (Phi) is 4.32. The fourth-order valence-corrected chi connectivity index (χ4v) is 9.05. The van der Waals surface area contributed by atoms with Crippen molar-refractivity contribution in [2.24, 2.45) is 46.3 Å². The zero-order valence-corrected chi connectivity index (χ0v) is 19.4. The molecule has 0 aromatic rings. The van der Waals surface area contributed by atoms with Crippen molar-refractivity contribution in [3.63, 3.8) is 0 Å². The van der Waals surface area contributed by atoms with Gasteiger partial charge in [0, 0.05) is 17.3 Å². The highest BCUT2D eigenvalue weighted by Crippen LogP contribution is 2.74. The van der Waals surface area contributed by atoms with E-state index < -0.39 is 14.8 Å². The van der Waals surface area contributed by atoms with Crippen LogP contribution in [0, 0.1) is 46.3 Å². The summed E-state index contributed by atoms with van der Waals surface area (Å²) in [5.41, 5.74) is -0.761. The molecule has 0 radical (unpaired) electrons. The fraction of sp³-hybridized carbons (Fsp3) is 0.826. The number of halogens is 3. The highest BCUT2D eigenvalue weighted by Gasteiger charge is 2.71. The van der Waals surface area contributed by atoms with Crippen molar-refractivity contribution in [2.45, 2.75) is 68.7 Å². The van der Waals surface area contributed by atoms with Crippen molar-refractivity contribution in [1.29, 1.82) is 0 Å². The molecule has 0 aromatic carbocycles. The quantitative estimate of drug-likeness (QED) is 0.542. The highest BCUT2D eigenvalue weighted by atomic mass is 35.6. The van der Waals surface area contributed by atoms with Gasteiger partial charge in [0.1, 0.15) is 5.60 Å². The van der Waals surface area contributed by atoms with Gasteiger partial charge in [-0.05, 0) is 80.6 Å². The largest absolute Gasteiger partial charge is 0.382 e. The third-order valence-electron chi connectivity index (χ3n) is 10.1. The van der Waals surface area contributed by atoms with Crippen LogP contribution in [0.5, 0.6) is 0 Å². The fourth-order valence-electron chi connectivity index (χ4n) is 8.43. The molecule has 4 saturated carbocycles. The van der Waals surface area contributed by atoms with E-state index in [0.717, 1.165) is 31.3 Å². The summed E-state index contributed by atoms with van der Waals surface area (Å²) in [6.45, 7) is 5.92. The van der Waals surface area contributed by atoms with Crippen LogP contribution in [0.1, 0.15) is 59.3 Å². The average Bonchev–Trinajstić information content (AvgIpc) is 3.38. The molecule has 0 aliphatic heterocycles. The molecular weight excluding hydrogens is 431 g/mol. The normalized spacial score (nSPS) is 53.3. The second kappa shape index (κ2) is 6.03. The standard InChI is InChI=1S/C23H29Cl3O3/c1-11(27)22(29)7-5-14-12-8-18(23(24,25)26)17-10-19(28)13-9-16(13)21(17,3)15(12)4-6-20(14,22)2/h10,12-16,18,29H,4-9H2,1-3H3/t12-,13?,14-,15+,16?,18?,20-,21+,22-/m0/s1. The average molecular weight is 460 g/mol. The van der Waals surface area contributed by atoms with Gasteiger partial charge in [-0.1, -0.05) is 54.2 Å². The molecule has 0 aromatic heterocycles. The molecule has 160 valence electrons. The zero-order chi connectivity index (χ0) is 21.1. The first-order valence-electron chi connectivity index (χ1n) is 10.9. The number of carbonyl (C=O) groups is 2. The van der Waals surface area contributed by atoms with Crippen LogP contribution in [0.3, 0.4) is 0 Å². The van der Waals surface area contributed by atoms with Crippen molar-refractivity contribution in [3.05, 3.63) is 11.6 Å². The third-order valence-corrected chi connectivity index (χ3v) is 10.9. The van der Waals surface area contributed by atoms with Crippen LogP contribution in [0.4, 0.5) is 0 Å². The number of rotatable bonds is 1. The Hall–Kier alpha value is -0.0900. The minimum absolute atomic E-state index is 0.119. The molecule has 0 heterocycles. The minimum atomic E-state index is -1.47. The van der Waals surface area contributed by atoms with Gasteiger partial charge in [0.15, 0.2) is 15.4 Å². The number of allylic oxidation sites excluding steroid dienone is 1. The maximum Gasteiger partial charge on any atom is 0.197 e. The predicted octanol–water partition coefficient (Wildman–Crippen LogP) is 5.29. The predicted molar refractivity (Wildman–Crippen MR) is 114 cm³/mol. The highest BCUT2D eigenvalue weighted by molar-refractivity contribution is 6.67. The van der Waals surface area contributed by atoms with Crippen LogP contribution >= 0.6 is 34.8 Å². The molecule has 5 rings (SSSR count). The molecule has 29 heavy (non-hydrogen) atoms. The Morgan fingerprint density at radius 1 is 1.10 bits per heavy atom. The number of hydrogen-bond acceptors (Lipinski definition) is 3. The zero-order valence-electron chi connectivity index (χ0n) is 17.2. The van der Waals surface area contributed by atoms with Crippen LogP contribution < -0.4 is 0 Å². The smallest absolute Gasteiger partial charge is 0.197 e. The number of carbonyl (C=O) groups excluding carboxylic acids is 2. The summed E-state index contributed by atoms with van der Waals surface area (Å²) >= 11 is 19.5. The Balaban J connectivity index is 1.61. The van der Waals surface area contributed by atoms with Gasteiger partial charge in [-0.15, -0.1) is 0 Å². The lowest BCUT2D eigenvalue weighted by Crippen LogP contribution is -2.59. The first-order valence-corrected chi connectivity index (χ1v) is 12.0. The Morgan fingerprint density at radius 2 is 1.76 bits per heavy atom. The van der Waals surface area contributed by atoms with Crippen LogP contribution in [-0.2, 0) is 9.59 Å². The van der Waals surface area contributed by atoms with E-state index in [4.69, 9.17) is 34.8 Å². The molecule has 4 fully saturated rings. The van der Waals surface area contributed by atoms with Gasteiger partial charge in [-0.25, -0.2) is 0 Å². The first-order chi connectivity index (χ1) is 13.4.